The minimum atomic E-state index is -0.445. The average Bonchev–Trinajstić information content (AvgIpc) is 2.78. The smallest absolute Gasteiger partial charge is 0.334 e. The van der Waals surface area contributed by atoms with E-state index in [-0.39, 0.29) is 16.7 Å². The number of rotatable bonds is 9. The van der Waals surface area contributed by atoms with Crippen molar-refractivity contribution in [3.05, 3.63) is 81.0 Å². The highest BCUT2D eigenvalue weighted by molar-refractivity contribution is 6.30. The Kier molecular flexibility index (Phi) is 7.15. The predicted molar refractivity (Wildman–Crippen MR) is 121 cm³/mol. The maximum absolute atomic E-state index is 11.9. The van der Waals surface area contributed by atoms with Gasteiger partial charge in [0.05, 0.1) is 19.1 Å². The van der Waals surface area contributed by atoms with Crippen LogP contribution in [0.5, 0.6) is 11.5 Å². The summed E-state index contributed by atoms with van der Waals surface area (Å²) in [6.07, 6.45) is 0. The van der Waals surface area contributed by atoms with Gasteiger partial charge in [-0.3, -0.25) is 10.1 Å². The quantitative estimate of drug-likeness (QED) is 0.286. The van der Waals surface area contributed by atoms with Crippen molar-refractivity contribution in [1.82, 2.24) is 4.98 Å². The van der Waals surface area contributed by atoms with Crippen LogP contribution < -0.4 is 19.7 Å². The van der Waals surface area contributed by atoms with Crippen LogP contribution in [0.25, 0.3) is 0 Å². The van der Waals surface area contributed by atoms with Gasteiger partial charge < -0.3 is 19.7 Å². The number of hydrogen-bond acceptors (Lipinski definition) is 7. The zero-order valence-electron chi connectivity index (χ0n) is 17.5. The molecule has 3 aromatic rings. The number of ether oxygens (including phenoxy) is 2. The molecule has 0 aliphatic carbocycles. The fourth-order valence-corrected chi connectivity index (χ4v) is 3.38. The molecule has 8 nitrogen and oxygen atoms in total. The topological polar surface area (TPSA) is 89.8 Å². The molecule has 0 saturated heterocycles. The second-order valence-electron chi connectivity index (χ2n) is 6.72. The summed E-state index contributed by atoms with van der Waals surface area (Å²) >= 11 is 6.20. The first-order chi connectivity index (χ1) is 14.9. The lowest BCUT2D eigenvalue weighted by Gasteiger charge is -2.25. The molecule has 0 aliphatic rings. The van der Waals surface area contributed by atoms with Gasteiger partial charge in [-0.05, 0) is 35.4 Å². The zero-order chi connectivity index (χ0) is 22.4. The molecule has 2 aromatic carbocycles. The Morgan fingerprint density at radius 1 is 1.00 bits per heavy atom. The van der Waals surface area contributed by atoms with Gasteiger partial charge in [0.15, 0.2) is 0 Å². The molecule has 0 radical (unpaired) electrons. The highest BCUT2D eigenvalue weighted by Gasteiger charge is 2.27. The maximum atomic E-state index is 11.9. The number of methoxy groups -OCH3 is 2. The molecule has 31 heavy (non-hydrogen) atoms. The van der Waals surface area contributed by atoms with Gasteiger partial charge in [0.25, 0.3) is 0 Å². The number of nitrogens with one attached hydrogen (secondary N) is 1. The molecule has 0 aliphatic heterocycles. The lowest BCUT2D eigenvalue weighted by Crippen LogP contribution is -2.24. The Labute approximate surface area is 185 Å². The third-order valence-corrected chi connectivity index (χ3v) is 4.95. The molecular weight excluding hydrogens is 420 g/mol. The summed E-state index contributed by atoms with van der Waals surface area (Å²) in [4.78, 5) is 17.6. The third kappa shape index (κ3) is 5.35. The van der Waals surface area contributed by atoms with Crippen molar-refractivity contribution in [2.75, 3.05) is 31.5 Å². The van der Waals surface area contributed by atoms with Crippen LogP contribution >= 0.6 is 11.6 Å². The van der Waals surface area contributed by atoms with Crippen LogP contribution in [0.2, 0.25) is 5.15 Å². The van der Waals surface area contributed by atoms with E-state index >= 15 is 0 Å². The average molecular weight is 443 g/mol. The number of nitro groups is 1. The highest BCUT2D eigenvalue weighted by atomic mass is 35.5. The number of anilines is 2. The molecule has 0 spiro atoms. The number of pyridine rings is 1. The van der Waals surface area contributed by atoms with Crippen LogP contribution in [0, 0.1) is 10.1 Å². The van der Waals surface area contributed by atoms with Crippen molar-refractivity contribution in [2.45, 2.75) is 13.1 Å². The standard InChI is InChI=1S/C22H23ClN4O4/c1-24-19-12-20(23)25-22(21(19)27(28)29)26(13-15-4-8-17(30-2)9-5-15)14-16-6-10-18(31-3)11-7-16/h4-12H,13-14H2,1-3H3,(H,24,25). The summed E-state index contributed by atoms with van der Waals surface area (Å²) in [7, 11) is 4.81. The Hall–Kier alpha value is -3.52. The van der Waals surface area contributed by atoms with Crippen LogP contribution in [-0.2, 0) is 13.1 Å². The van der Waals surface area contributed by atoms with E-state index in [4.69, 9.17) is 21.1 Å². The SMILES string of the molecule is CNc1cc(Cl)nc(N(Cc2ccc(OC)cc2)Cc2ccc(OC)cc2)c1[N+](=O)[O-]. The molecule has 0 saturated carbocycles. The second-order valence-corrected chi connectivity index (χ2v) is 7.11. The van der Waals surface area contributed by atoms with Crippen molar-refractivity contribution < 1.29 is 14.4 Å². The number of hydrogen-bond donors (Lipinski definition) is 1. The lowest BCUT2D eigenvalue weighted by atomic mass is 10.1. The van der Waals surface area contributed by atoms with Crippen molar-refractivity contribution in [3.63, 3.8) is 0 Å². The first kappa shape index (κ1) is 22.2. The molecule has 9 heteroatoms. The van der Waals surface area contributed by atoms with Crippen molar-refractivity contribution in [1.29, 1.82) is 0 Å². The molecule has 1 heterocycles. The fraction of sp³-hybridized carbons (Fsp3) is 0.227. The Morgan fingerprint density at radius 3 is 1.87 bits per heavy atom. The Balaban J connectivity index is 2.05. The molecule has 0 atom stereocenters. The zero-order valence-corrected chi connectivity index (χ0v) is 18.2. The molecule has 3 rings (SSSR count). The van der Waals surface area contributed by atoms with Gasteiger partial charge in [-0.1, -0.05) is 35.9 Å². The lowest BCUT2D eigenvalue weighted by molar-refractivity contribution is -0.383. The van der Waals surface area contributed by atoms with E-state index in [0.717, 1.165) is 22.6 Å². The van der Waals surface area contributed by atoms with Gasteiger partial charge in [-0.25, -0.2) is 4.98 Å². The van der Waals surface area contributed by atoms with Crippen LogP contribution in [0.4, 0.5) is 17.2 Å². The van der Waals surface area contributed by atoms with E-state index in [1.165, 1.54) is 6.07 Å². The van der Waals surface area contributed by atoms with Gasteiger partial charge in [0.1, 0.15) is 22.3 Å². The number of nitrogens with zero attached hydrogens (tertiary/aromatic N) is 3. The maximum Gasteiger partial charge on any atom is 0.334 e. The number of benzene rings is 2. The van der Waals surface area contributed by atoms with Gasteiger partial charge in [-0.2, -0.15) is 0 Å². The number of aromatic nitrogens is 1. The largest absolute Gasteiger partial charge is 0.497 e. The first-order valence-corrected chi connectivity index (χ1v) is 9.86. The minimum Gasteiger partial charge on any atom is -0.497 e. The highest BCUT2D eigenvalue weighted by Crippen LogP contribution is 2.37. The van der Waals surface area contributed by atoms with E-state index in [1.807, 2.05) is 53.4 Å². The summed E-state index contributed by atoms with van der Waals surface area (Å²) in [5.74, 6) is 1.65. The van der Waals surface area contributed by atoms with Crippen LogP contribution in [-0.4, -0.2) is 31.2 Å². The van der Waals surface area contributed by atoms with Gasteiger partial charge in [0, 0.05) is 26.2 Å². The first-order valence-electron chi connectivity index (χ1n) is 9.48. The van der Waals surface area contributed by atoms with Crippen molar-refractivity contribution in [2.24, 2.45) is 0 Å². The monoisotopic (exact) mass is 442 g/mol. The molecule has 162 valence electrons. The van der Waals surface area contributed by atoms with Gasteiger partial charge in [0.2, 0.25) is 5.82 Å². The predicted octanol–water partition coefficient (Wildman–Crippen LogP) is 4.91. The minimum absolute atomic E-state index is 0.131. The van der Waals surface area contributed by atoms with E-state index in [9.17, 15) is 10.1 Å². The summed E-state index contributed by atoms with van der Waals surface area (Å²) in [6.45, 7) is 0.765. The van der Waals surface area contributed by atoms with Crippen LogP contribution in [0.15, 0.2) is 54.6 Å². The van der Waals surface area contributed by atoms with Crippen molar-refractivity contribution >= 4 is 28.8 Å². The third-order valence-electron chi connectivity index (χ3n) is 4.76. The molecule has 0 unspecified atom stereocenters. The summed E-state index contributed by atoms with van der Waals surface area (Å²) < 4.78 is 10.4. The molecule has 0 bridgehead atoms. The Morgan fingerprint density at radius 2 is 1.48 bits per heavy atom. The van der Waals surface area contributed by atoms with E-state index in [1.54, 1.807) is 21.3 Å². The summed E-state index contributed by atoms with van der Waals surface area (Å²) in [6, 6.07) is 16.5. The van der Waals surface area contributed by atoms with Crippen LogP contribution in [0.1, 0.15) is 11.1 Å². The van der Waals surface area contributed by atoms with Gasteiger partial charge in [-0.15, -0.1) is 0 Å². The summed E-state index contributed by atoms with van der Waals surface area (Å²) in [5, 5.41) is 14.9. The second kappa shape index (κ2) is 9.99. The Bertz CT molecular complexity index is 993. The number of halogens is 1. The van der Waals surface area contributed by atoms with Gasteiger partial charge >= 0.3 is 5.69 Å². The molecule has 1 N–H and O–H groups in total. The molecule has 1 aromatic heterocycles. The normalized spacial score (nSPS) is 10.5. The molecule has 0 amide bonds. The van der Waals surface area contributed by atoms with Crippen molar-refractivity contribution in [3.8, 4) is 11.5 Å². The summed E-state index contributed by atoms with van der Waals surface area (Å²) in [5.41, 5.74) is 2.05. The van der Waals surface area contributed by atoms with E-state index in [0.29, 0.717) is 18.8 Å². The van der Waals surface area contributed by atoms with E-state index < -0.39 is 4.92 Å². The fourth-order valence-electron chi connectivity index (χ4n) is 3.19. The molecule has 0 fully saturated rings. The molecular formula is C22H23ClN4O4. The van der Waals surface area contributed by atoms with E-state index in [2.05, 4.69) is 10.3 Å². The van der Waals surface area contributed by atoms with Crippen LogP contribution in [0.3, 0.4) is 0 Å².